The number of thiophene rings is 1. The Morgan fingerprint density at radius 3 is 2.75 bits per heavy atom. The first-order valence-electron chi connectivity index (χ1n) is 5.61. The maximum absolute atomic E-state index is 13.5. The highest BCUT2D eigenvalue weighted by Gasteiger charge is 2.08. The van der Waals surface area contributed by atoms with Gasteiger partial charge in [0.25, 0.3) is 5.91 Å². The van der Waals surface area contributed by atoms with Crippen molar-refractivity contribution in [3.63, 3.8) is 0 Å². The number of amides is 1. The van der Waals surface area contributed by atoms with Crippen LogP contribution in [0.1, 0.15) is 15.2 Å². The van der Waals surface area contributed by atoms with E-state index in [0.29, 0.717) is 10.6 Å². The third-order valence-electron chi connectivity index (χ3n) is 2.40. The standard InChI is InChI=1S/C14H10FNO3S/c15-11-5-4-10(8-9(11)3-6-13(17)18)16-14(19)12-2-1-7-20-12/h1-8H,(H,16,19)(H,17,18)/b6-3+. The molecule has 0 aliphatic rings. The first-order valence-corrected chi connectivity index (χ1v) is 6.49. The SMILES string of the molecule is O=C(O)/C=C/c1cc(NC(=O)c2cccs2)ccc1F. The summed E-state index contributed by atoms with van der Waals surface area (Å²) in [6, 6.07) is 7.39. The number of halogens is 1. The van der Waals surface area contributed by atoms with Gasteiger partial charge < -0.3 is 10.4 Å². The number of rotatable bonds is 4. The van der Waals surface area contributed by atoms with Crippen LogP contribution in [-0.2, 0) is 4.79 Å². The summed E-state index contributed by atoms with van der Waals surface area (Å²) in [5.74, 6) is -2.02. The Morgan fingerprint density at radius 1 is 1.30 bits per heavy atom. The van der Waals surface area contributed by atoms with Crippen molar-refractivity contribution in [1.82, 2.24) is 0 Å². The Balaban J connectivity index is 2.19. The van der Waals surface area contributed by atoms with Crippen molar-refractivity contribution in [2.24, 2.45) is 0 Å². The van der Waals surface area contributed by atoms with Gasteiger partial charge in [-0.15, -0.1) is 11.3 Å². The second-order valence-corrected chi connectivity index (χ2v) is 4.79. The van der Waals surface area contributed by atoms with Crippen molar-refractivity contribution in [1.29, 1.82) is 0 Å². The molecule has 0 unspecified atom stereocenters. The van der Waals surface area contributed by atoms with Crippen LogP contribution in [0.4, 0.5) is 10.1 Å². The van der Waals surface area contributed by atoms with Crippen LogP contribution in [0.5, 0.6) is 0 Å². The van der Waals surface area contributed by atoms with E-state index in [4.69, 9.17) is 5.11 Å². The van der Waals surface area contributed by atoms with E-state index in [1.54, 1.807) is 17.5 Å². The van der Waals surface area contributed by atoms with Crippen LogP contribution in [0.25, 0.3) is 6.08 Å². The van der Waals surface area contributed by atoms with Crippen LogP contribution in [0.3, 0.4) is 0 Å². The van der Waals surface area contributed by atoms with Crippen molar-refractivity contribution in [3.05, 3.63) is 58.0 Å². The molecule has 20 heavy (non-hydrogen) atoms. The number of nitrogens with one attached hydrogen (secondary N) is 1. The van der Waals surface area contributed by atoms with E-state index >= 15 is 0 Å². The van der Waals surface area contributed by atoms with Crippen LogP contribution in [0.15, 0.2) is 41.8 Å². The molecule has 0 saturated carbocycles. The average molecular weight is 291 g/mol. The van der Waals surface area contributed by atoms with Crippen LogP contribution >= 0.6 is 11.3 Å². The number of aliphatic carboxylic acids is 1. The molecule has 4 nitrogen and oxygen atoms in total. The van der Waals surface area contributed by atoms with E-state index in [1.807, 2.05) is 0 Å². The van der Waals surface area contributed by atoms with E-state index in [0.717, 1.165) is 12.2 Å². The lowest BCUT2D eigenvalue weighted by Gasteiger charge is -2.05. The molecule has 0 saturated heterocycles. The number of benzene rings is 1. The molecule has 0 atom stereocenters. The fourth-order valence-electron chi connectivity index (χ4n) is 1.51. The van der Waals surface area contributed by atoms with Crippen molar-refractivity contribution in [2.45, 2.75) is 0 Å². The molecule has 2 aromatic rings. The summed E-state index contributed by atoms with van der Waals surface area (Å²) in [6.07, 6.45) is 1.97. The molecule has 0 aliphatic heterocycles. The average Bonchev–Trinajstić information content (AvgIpc) is 2.93. The molecule has 1 heterocycles. The quantitative estimate of drug-likeness (QED) is 0.850. The van der Waals surface area contributed by atoms with Gasteiger partial charge in [-0.1, -0.05) is 6.07 Å². The minimum atomic E-state index is -1.17. The number of carbonyl (C=O) groups excluding carboxylic acids is 1. The lowest BCUT2D eigenvalue weighted by Crippen LogP contribution is -2.10. The first kappa shape index (κ1) is 14.0. The predicted octanol–water partition coefficient (Wildman–Crippen LogP) is 3.24. The van der Waals surface area contributed by atoms with Gasteiger partial charge in [0, 0.05) is 17.3 Å². The van der Waals surface area contributed by atoms with Gasteiger partial charge in [0.05, 0.1) is 4.88 Å². The summed E-state index contributed by atoms with van der Waals surface area (Å²) in [5.41, 5.74) is 0.492. The van der Waals surface area contributed by atoms with Gasteiger partial charge in [0.2, 0.25) is 0 Å². The van der Waals surface area contributed by atoms with Crippen molar-refractivity contribution in [3.8, 4) is 0 Å². The molecule has 1 aromatic heterocycles. The van der Waals surface area contributed by atoms with E-state index < -0.39 is 11.8 Å². The summed E-state index contributed by atoms with van der Waals surface area (Å²) < 4.78 is 13.5. The highest BCUT2D eigenvalue weighted by Crippen LogP contribution is 2.18. The summed E-state index contributed by atoms with van der Waals surface area (Å²) in [4.78, 5) is 22.8. The highest BCUT2D eigenvalue weighted by molar-refractivity contribution is 7.12. The van der Waals surface area contributed by atoms with E-state index in [9.17, 15) is 14.0 Å². The molecule has 0 aliphatic carbocycles. The zero-order valence-corrected chi connectivity index (χ0v) is 11.0. The summed E-state index contributed by atoms with van der Waals surface area (Å²) in [5, 5.41) is 12.9. The minimum Gasteiger partial charge on any atom is -0.478 e. The Hall–Kier alpha value is -2.47. The summed E-state index contributed by atoms with van der Waals surface area (Å²) in [7, 11) is 0. The maximum atomic E-state index is 13.5. The molecule has 0 spiro atoms. The zero-order valence-electron chi connectivity index (χ0n) is 10.2. The maximum Gasteiger partial charge on any atom is 0.328 e. The molecule has 6 heteroatoms. The van der Waals surface area contributed by atoms with Crippen molar-refractivity contribution < 1.29 is 19.1 Å². The fraction of sp³-hybridized carbons (Fsp3) is 0. The van der Waals surface area contributed by atoms with Gasteiger partial charge in [0.15, 0.2) is 0 Å². The molecule has 0 bridgehead atoms. The molecular weight excluding hydrogens is 281 g/mol. The van der Waals surface area contributed by atoms with Gasteiger partial charge in [-0.3, -0.25) is 4.79 Å². The number of anilines is 1. The third-order valence-corrected chi connectivity index (χ3v) is 3.27. The lowest BCUT2D eigenvalue weighted by atomic mass is 10.1. The second-order valence-electron chi connectivity index (χ2n) is 3.84. The van der Waals surface area contributed by atoms with Crippen LogP contribution in [-0.4, -0.2) is 17.0 Å². The predicted molar refractivity (Wildman–Crippen MR) is 75.3 cm³/mol. The summed E-state index contributed by atoms with van der Waals surface area (Å²) >= 11 is 1.29. The molecule has 2 N–H and O–H groups in total. The molecule has 0 radical (unpaired) electrons. The number of hydrogen-bond donors (Lipinski definition) is 2. The number of carboxylic acids is 1. The largest absolute Gasteiger partial charge is 0.478 e. The fourth-order valence-corrected chi connectivity index (χ4v) is 2.13. The Bertz CT molecular complexity index is 665. The number of hydrogen-bond acceptors (Lipinski definition) is 3. The monoisotopic (exact) mass is 291 g/mol. The second kappa shape index (κ2) is 6.12. The van der Waals surface area contributed by atoms with Gasteiger partial charge in [-0.2, -0.15) is 0 Å². The van der Waals surface area contributed by atoms with Crippen molar-refractivity contribution in [2.75, 3.05) is 5.32 Å². The molecular formula is C14H10FNO3S. The van der Waals surface area contributed by atoms with Crippen LogP contribution in [0.2, 0.25) is 0 Å². The topological polar surface area (TPSA) is 66.4 Å². The number of carbonyl (C=O) groups is 2. The molecule has 102 valence electrons. The highest BCUT2D eigenvalue weighted by atomic mass is 32.1. The van der Waals surface area contributed by atoms with Gasteiger partial charge in [0.1, 0.15) is 5.82 Å². The van der Waals surface area contributed by atoms with Crippen LogP contribution in [0, 0.1) is 5.82 Å². The Morgan fingerprint density at radius 2 is 2.10 bits per heavy atom. The first-order chi connectivity index (χ1) is 9.56. The molecule has 1 aromatic carbocycles. The normalized spacial score (nSPS) is 10.7. The van der Waals surface area contributed by atoms with Crippen LogP contribution < -0.4 is 5.32 Å². The van der Waals surface area contributed by atoms with Crippen molar-refractivity contribution >= 4 is 35.0 Å². The van der Waals surface area contributed by atoms with Gasteiger partial charge >= 0.3 is 5.97 Å². The third kappa shape index (κ3) is 3.52. The molecule has 0 fully saturated rings. The van der Waals surface area contributed by atoms with E-state index in [-0.39, 0.29) is 11.5 Å². The Kier molecular flexibility index (Phi) is 4.27. The summed E-state index contributed by atoms with van der Waals surface area (Å²) in [6.45, 7) is 0. The zero-order chi connectivity index (χ0) is 14.5. The molecule has 1 amide bonds. The lowest BCUT2D eigenvalue weighted by molar-refractivity contribution is -0.131. The minimum absolute atomic E-state index is 0.0939. The van der Waals surface area contributed by atoms with E-state index in [1.165, 1.54) is 29.5 Å². The van der Waals surface area contributed by atoms with E-state index in [2.05, 4.69) is 5.32 Å². The van der Waals surface area contributed by atoms with Gasteiger partial charge in [-0.05, 0) is 35.7 Å². The number of carboxylic acid groups (broad SMARTS) is 1. The smallest absolute Gasteiger partial charge is 0.328 e. The Labute approximate surface area is 118 Å². The van der Waals surface area contributed by atoms with Gasteiger partial charge in [-0.25, -0.2) is 9.18 Å². The molecule has 2 rings (SSSR count).